The van der Waals surface area contributed by atoms with Crippen LogP contribution in [0.15, 0.2) is 51.5 Å². The average molecular weight is 428 g/mol. The standard InChI is InChI=1S/C19H17N5OS3/c1-3-14(26-10-1)13-12-27-17-16(13)18(28-19-20-4-2-5-21-19)23-15(22-17)11-24-6-8-25-9-7-24/h1-5,10,12H,6-9,11H2. The molecule has 28 heavy (non-hydrogen) atoms. The van der Waals surface area contributed by atoms with E-state index in [1.54, 1.807) is 35.1 Å². The summed E-state index contributed by atoms with van der Waals surface area (Å²) in [5.41, 5.74) is 1.19. The Morgan fingerprint density at radius 3 is 2.71 bits per heavy atom. The third-order valence-corrected chi connectivity index (χ3v) is 7.09. The summed E-state index contributed by atoms with van der Waals surface area (Å²) in [5.74, 6) is 0.840. The Morgan fingerprint density at radius 1 is 1.07 bits per heavy atom. The molecule has 4 aromatic heterocycles. The van der Waals surface area contributed by atoms with E-state index >= 15 is 0 Å². The van der Waals surface area contributed by atoms with E-state index in [9.17, 15) is 0 Å². The summed E-state index contributed by atoms with van der Waals surface area (Å²) in [6.45, 7) is 4.09. The van der Waals surface area contributed by atoms with Crippen LogP contribution >= 0.6 is 34.4 Å². The Bertz CT molecular complexity index is 1060. The van der Waals surface area contributed by atoms with Crippen LogP contribution in [0.5, 0.6) is 0 Å². The van der Waals surface area contributed by atoms with Crippen molar-refractivity contribution in [2.24, 2.45) is 0 Å². The summed E-state index contributed by atoms with van der Waals surface area (Å²) in [7, 11) is 0. The molecule has 0 amide bonds. The SMILES string of the molecule is c1cnc(Sc2nc(CN3CCOCC3)nc3scc(-c4cccs4)c23)nc1. The van der Waals surface area contributed by atoms with Crippen LogP contribution < -0.4 is 0 Å². The normalized spacial score (nSPS) is 15.3. The molecule has 0 radical (unpaired) electrons. The quantitative estimate of drug-likeness (QED) is 0.349. The van der Waals surface area contributed by atoms with Crippen molar-refractivity contribution in [2.75, 3.05) is 26.3 Å². The Morgan fingerprint density at radius 2 is 1.93 bits per heavy atom. The number of rotatable bonds is 5. The first-order chi connectivity index (χ1) is 13.9. The molecule has 1 saturated heterocycles. The average Bonchev–Trinajstić information content (AvgIpc) is 3.39. The van der Waals surface area contributed by atoms with E-state index in [1.165, 1.54) is 22.2 Å². The van der Waals surface area contributed by atoms with Gasteiger partial charge in [0.1, 0.15) is 15.7 Å². The van der Waals surface area contributed by atoms with Crippen LogP contribution in [-0.2, 0) is 11.3 Å². The topological polar surface area (TPSA) is 64.0 Å². The first-order valence-corrected chi connectivity index (χ1v) is 11.5. The predicted molar refractivity (Wildman–Crippen MR) is 113 cm³/mol. The molecule has 1 aliphatic heterocycles. The van der Waals surface area contributed by atoms with Crippen molar-refractivity contribution in [1.29, 1.82) is 0 Å². The van der Waals surface area contributed by atoms with E-state index in [2.05, 4.69) is 37.8 Å². The molecule has 142 valence electrons. The summed E-state index contributed by atoms with van der Waals surface area (Å²) in [5, 5.41) is 6.99. The molecular weight excluding hydrogens is 410 g/mol. The second-order valence-corrected chi connectivity index (χ2v) is 9.04. The molecule has 0 aromatic carbocycles. The third-order valence-electron chi connectivity index (χ3n) is 4.43. The molecule has 0 saturated carbocycles. The molecule has 1 aliphatic rings. The number of hydrogen-bond donors (Lipinski definition) is 0. The van der Waals surface area contributed by atoms with E-state index in [0.717, 1.165) is 53.9 Å². The fourth-order valence-electron chi connectivity index (χ4n) is 3.09. The molecule has 0 unspecified atom stereocenters. The monoisotopic (exact) mass is 427 g/mol. The van der Waals surface area contributed by atoms with Crippen LogP contribution in [0, 0.1) is 0 Å². The van der Waals surface area contributed by atoms with E-state index in [4.69, 9.17) is 14.7 Å². The van der Waals surface area contributed by atoms with Gasteiger partial charge in [0, 0.05) is 41.3 Å². The van der Waals surface area contributed by atoms with Crippen LogP contribution in [-0.4, -0.2) is 51.1 Å². The van der Waals surface area contributed by atoms with Crippen LogP contribution in [0.2, 0.25) is 0 Å². The van der Waals surface area contributed by atoms with Crippen LogP contribution in [0.4, 0.5) is 0 Å². The van der Waals surface area contributed by atoms with Crippen molar-refractivity contribution in [3.05, 3.63) is 47.2 Å². The van der Waals surface area contributed by atoms with Gasteiger partial charge in [0.05, 0.1) is 25.1 Å². The van der Waals surface area contributed by atoms with Crippen molar-refractivity contribution in [3.8, 4) is 10.4 Å². The van der Waals surface area contributed by atoms with Gasteiger partial charge in [-0.05, 0) is 29.3 Å². The van der Waals surface area contributed by atoms with Gasteiger partial charge in [0.15, 0.2) is 5.16 Å². The molecule has 0 atom stereocenters. The second-order valence-electron chi connectivity index (χ2n) is 6.27. The van der Waals surface area contributed by atoms with Crippen LogP contribution in [0.1, 0.15) is 5.82 Å². The van der Waals surface area contributed by atoms with E-state index in [1.807, 2.05) is 6.07 Å². The van der Waals surface area contributed by atoms with Crippen molar-refractivity contribution in [2.45, 2.75) is 16.7 Å². The minimum Gasteiger partial charge on any atom is -0.379 e. The minimum atomic E-state index is 0.697. The van der Waals surface area contributed by atoms with Gasteiger partial charge in [-0.15, -0.1) is 22.7 Å². The molecule has 1 fully saturated rings. The number of aromatic nitrogens is 4. The maximum atomic E-state index is 5.46. The maximum Gasteiger partial charge on any atom is 0.193 e. The molecule has 5 rings (SSSR count). The minimum absolute atomic E-state index is 0.697. The lowest BCUT2D eigenvalue weighted by atomic mass is 10.2. The highest BCUT2D eigenvalue weighted by Gasteiger charge is 2.19. The summed E-state index contributed by atoms with van der Waals surface area (Å²) in [6, 6.07) is 6.04. The molecular formula is C19H17N5OS3. The molecule has 9 heteroatoms. The zero-order valence-corrected chi connectivity index (χ0v) is 17.4. The first-order valence-electron chi connectivity index (χ1n) is 8.94. The third kappa shape index (κ3) is 3.81. The zero-order chi connectivity index (χ0) is 18.8. The summed E-state index contributed by atoms with van der Waals surface area (Å²) in [4.78, 5) is 23.1. The summed E-state index contributed by atoms with van der Waals surface area (Å²) in [6.07, 6.45) is 3.52. The second kappa shape index (κ2) is 8.22. The molecule has 0 N–H and O–H groups in total. The highest BCUT2D eigenvalue weighted by Crippen LogP contribution is 2.41. The molecule has 0 spiro atoms. The van der Waals surface area contributed by atoms with Crippen molar-refractivity contribution in [3.63, 3.8) is 0 Å². The van der Waals surface area contributed by atoms with Gasteiger partial charge in [-0.2, -0.15) is 0 Å². The van der Waals surface area contributed by atoms with Crippen LogP contribution in [0.3, 0.4) is 0 Å². The van der Waals surface area contributed by atoms with Crippen molar-refractivity contribution >= 4 is 44.7 Å². The molecule has 5 heterocycles. The molecule has 0 aliphatic carbocycles. The van der Waals surface area contributed by atoms with Gasteiger partial charge < -0.3 is 4.74 Å². The smallest absolute Gasteiger partial charge is 0.193 e. The Hall–Kier alpha value is -1.91. The Balaban J connectivity index is 1.57. The number of hydrogen-bond acceptors (Lipinski definition) is 9. The van der Waals surface area contributed by atoms with Gasteiger partial charge in [-0.25, -0.2) is 19.9 Å². The van der Waals surface area contributed by atoms with Gasteiger partial charge >= 0.3 is 0 Å². The number of nitrogens with zero attached hydrogens (tertiary/aromatic N) is 5. The van der Waals surface area contributed by atoms with Gasteiger partial charge in [-0.3, -0.25) is 4.90 Å². The van der Waals surface area contributed by atoms with E-state index in [0.29, 0.717) is 5.16 Å². The Labute approximate surface area is 174 Å². The number of fused-ring (bicyclic) bond motifs is 1. The summed E-state index contributed by atoms with van der Waals surface area (Å²) < 4.78 is 5.46. The van der Waals surface area contributed by atoms with E-state index < -0.39 is 0 Å². The zero-order valence-electron chi connectivity index (χ0n) is 14.9. The van der Waals surface area contributed by atoms with Crippen LogP contribution in [0.25, 0.3) is 20.7 Å². The first kappa shape index (κ1) is 18.1. The van der Waals surface area contributed by atoms with Crippen molar-refractivity contribution < 1.29 is 4.74 Å². The Kier molecular flexibility index (Phi) is 5.32. The van der Waals surface area contributed by atoms with Gasteiger partial charge in [0.25, 0.3) is 0 Å². The number of morpholine rings is 1. The molecule has 6 nitrogen and oxygen atoms in total. The lowest BCUT2D eigenvalue weighted by Gasteiger charge is -2.25. The summed E-state index contributed by atoms with van der Waals surface area (Å²) >= 11 is 4.91. The fourth-order valence-corrected chi connectivity index (χ4v) is 5.80. The molecule has 4 aromatic rings. The number of ether oxygens (including phenoxy) is 1. The maximum absolute atomic E-state index is 5.46. The lowest BCUT2D eigenvalue weighted by molar-refractivity contribution is 0.0330. The highest BCUT2D eigenvalue weighted by atomic mass is 32.2. The number of thiophene rings is 2. The van der Waals surface area contributed by atoms with Gasteiger partial charge in [-0.1, -0.05) is 6.07 Å². The highest BCUT2D eigenvalue weighted by molar-refractivity contribution is 7.99. The van der Waals surface area contributed by atoms with Crippen molar-refractivity contribution in [1.82, 2.24) is 24.8 Å². The lowest BCUT2D eigenvalue weighted by Crippen LogP contribution is -2.36. The molecule has 0 bridgehead atoms. The van der Waals surface area contributed by atoms with Gasteiger partial charge in [0.2, 0.25) is 0 Å². The predicted octanol–water partition coefficient (Wildman–Crippen LogP) is 4.19. The fraction of sp³-hybridized carbons (Fsp3) is 0.263. The largest absolute Gasteiger partial charge is 0.379 e. The van der Waals surface area contributed by atoms with E-state index in [-0.39, 0.29) is 0 Å².